The Hall–Kier alpha value is -1.46. The number of carbonyl (C=O) groups is 1. The highest BCUT2D eigenvalue weighted by Crippen LogP contribution is 2.21. The first kappa shape index (κ1) is 13.0. The SMILES string of the molecule is Cc1ccc(NC(=O)[C@@H](O)COC2CCC2)nc1. The highest BCUT2D eigenvalue weighted by atomic mass is 16.5. The fourth-order valence-corrected chi connectivity index (χ4v) is 1.59. The standard InChI is InChI=1S/C13H18N2O3/c1-9-5-6-12(14-7-9)15-13(17)11(16)8-18-10-3-2-4-10/h5-7,10-11,16H,2-4,8H2,1H3,(H,14,15,17)/t11-/m0/s1. The Morgan fingerprint density at radius 3 is 2.94 bits per heavy atom. The molecule has 1 fully saturated rings. The average Bonchev–Trinajstić information content (AvgIpc) is 2.30. The molecule has 98 valence electrons. The Kier molecular flexibility index (Phi) is 4.28. The smallest absolute Gasteiger partial charge is 0.256 e. The lowest BCUT2D eigenvalue weighted by molar-refractivity contribution is -0.129. The van der Waals surface area contributed by atoms with Crippen molar-refractivity contribution in [1.29, 1.82) is 0 Å². The first-order valence-corrected chi connectivity index (χ1v) is 6.18. The van der Waals surface area contributed by atoms with Gasteiger partial charge in [0.15, 0.2) is 6.10 Å². The Bertz CT molecular complexity index is 401. The largest absolute Gasteiger partial charge is 0.381 e. The molecule has 2 N–H and O–H groups in total. The van der Waals surface area contributed by atoms with Crippen molar-refractivity contribution < 1.29 is 14.6 Å². The molecule has 18 heavy (non-hydrogen) atoms. The van der Waals surface area contributed by atoms with E-state index in [1.165, 1.54) is 6.42 Å². The molecule has 5 nitrogen and oxygen atoms in total. The van der Waals surface area contributed by atoms with Gasteiger partial charge in [0.1, 0.15) is 5.82 Å². The van der Waals surface area contributed by atoms with E-state index in [-0.39, 0.29) is 12.7 Å². The van der Waals surface area contributed by atoms with E-state index in [1.807, 2.05) is 13.0 Å². The Morgan fingerprint density at radius 2 is 2.39 bits per heavy atom. The predicted molar refractivity (Wildman–Crippen MR) is 67.2 cm³/mol. The molecule has 0 bridgehead atoms. The quantitative estimate of drug-likeness (QED) is 0.825. The van der Waals surface area contributed by atoms with Crippen LogP contribution in [0, 0.1) is 6.92 Å². The van der Waals surface area contributed by atoms with E-state index in [1.54, 1.807) is 12.3 Å². The number of carbonyl (C=O) groups excluding carboxylic acids is 1. The number of aromatic nitrogens is 1. The molecule has 1 heterocycles. The van der Waals surface area contributed by atoms with Gasteiger partial charge in [-0.2, -0.15) is 0 Å². The summed E-state index contributed by atoms with van der Waals surface area (Å²) in [4.78, 5) is 15.7. The first-order chi connectivity index (χ1) is 8.65. The van der Waals surface area contributed by atoms with Crippen LogP contribution in [0.5, 0.6) is 0 Å². The fraction of sp³-hybridized carbons (Fsp3) is 0.538. The number of anilines is 1. The Labute approximate surface area is 106 Å². The number of aliphatic hydroxyl groups excluding tert-OH is 1. The summed E-state index contributed by atoms with van der Waals surface area (Å²) < 4.78 is 5.39. The summed E-state index contributed by atoms with van der Waals surface area (Å²) in [6.45, 7) is 1.96. The molecule has 5 heteroatoms. The number of amides is 1. The van der Waals surface area contributed by atoms with Gasteiger partial charge >= 0.3 is 0 Å². The zero-order valence-electron chi connectivity index (χ0n) is 10.4. The summed E-state index contributed by atoms with van der Waals surface area (Å²) in [6, 6.07) is 3.55. The van der Waals surface area contributed by atoms with Gasteiger partial charge in [-0.25, -0.2) is 4.98 Å². The van der Waals surface area contributed by atoms with Crippen LogP contribution in [-0.2, 0) is 9.53 Å². The monoisotopic (exact) mass is 250 g/mol. The molecule has 1 aliphatic carbocycles. The summed E-state index contributed by atoms with van der Waals surface area (Å²) >= 11 is 0. The molecular weight excluding hydrogens is 232 g/mol. The maximum absolute atomic E-state index is 11.6. The van der Waals surface area contributed by atoms with Crippen molar-refractivity contribution in [3.8, 4) is 0 Å². The van der Waals surface area contributed by atoms with Crippen LogP contribution < -0.4 is 5.32 Å². The number of ether oxygens (including phenoxy) is 1. The molecule has 0 radical (unpaired) electrons. The van der Waals surface area contributed by atoms with Crippen LogP contribution in [0.15, 0.2) is 18.3 Å². The van der Waals surface area contributed by atoms with Crippen molar-refractivity contribution in [3.63, 3.8) is 0 Å². The van der Waals surface area contributed by atoms with Crippen molar-refractivity contribution >= 4 is 11.7 Å². The Balaban J connectivity index is 1.77. The van der Waals surface area contributed by atoms with Gasteiger partial charge in [-0.3, -0.25) is 4.79 Å². The summed E-state index contributed by atoms with van der Waals surface area (Å²) in [5, 5.41) is 12.2. The van der Waals surface area contributed by atoms with E-state index >= 15 is 0 Å². The molecular formula is C13H18N2O3. The van der Waals surface area contributed by atoms with Crippen molar-refractivity contribution in [2.75, 3.05) is 11.9 Å². The molecule has 0 aliphatic heterocycles. The lowest BCUT2D eigenvalue weighted by atomic mass is 9.96. The molecule has 1 saturated carbocycles. The van der Waals surface area contributed by atoms with Crippen LogP contribution in [0.2, 0.25) is 0 Å². The van der Waals surface area contributed by atoms with E-state index in [2.05, 4.69) is 10.3 Å². The number of hydrogen-bond donors (Lipinski definition) is 2. The Morgan fingerprint density at radius 1 is 1.61 bits per heavy atom. The van der Waals surface area contributed by atoms with Gasteiger partial charge in [0.25, 0.3) is 5.91 Å². The minimum Gasteiger partial charge on any atom is -0.381 e. The van der Waals surface area contributed by atoms with Crippen molar-refractivity contribution in [2.45, 2.75) is 38.4 Å². The number of aliphatic hydroxyl groups is 1. The second-order valence-electron chi connectivity index (χ2n) is 4.61. The van der Waals surface area contributed by atoms with E-state index in [0.29, 0.717) is 5.82 Å². The number of hydrogen-bond acceptors (Lipinski definition) is 4. The summed E-state index contributed by atoms with van der Waals surface area (Å²) in [7, 11) is 0. The highest BCUT2D eigenvalue weighted by molar-refractivity contribution is 5.93. The molecule has 2 rings (SSSR count). The van der Waals surface area contributed by atoms with Gasteiger partial charge in [0.05, 0.1) is 12.7 Å². The second kappa shape index (κ2) is 5.93. The maximum atomic E-state index is 11.6. The third kappa shape index (κ3) is 3.51. The number of nitrogens with zero attached hydrogens (tertiary/aromatic N) is 1. The van der Waals surface area contributed by atoms with Crippen LogP contribution in [0.1, 0.15) is 24.8 Å². The fourth-order valence-electron chi connectivity index (χ4n) is 1.59. The molecule has 1 aromatic heterocycles. The zero-order valence-corrected chi connectivity index (χ0v) is 10.4. The van der Waals surface area contributed by atoms with Crippen LogP contribution in [-0.4, -0.2) is 34.8 Å². The number of nitrogens with one attached hydrogen (secondary N) is 1. The maximum Gasteiger partial charge on any atom is 0.256 e. The number of aryl methyl sites for hydroxylation is 1. The summed E-state index contributed by atoms with van der Waals surface area (Å²) in [6.07, 6.45) is 3.94. The minimum atomic E-state index is -1.14. The van der Waals surface area contributed by atoms with Crippen LogP contribution >= 0.6 is 0 Å². The molecule has 1 atom stereocenters. The van der Waals surface area contributed by atoms with Crippen molar-refractivity contribution in [2.24, 2.45) is 0 Å². The van der Waals surface area contributed by atoms with E-state index in [0.717, 1.165) is 18.4 Å². The average molecular weight is 250 g/mol. The van der Waals surface area contributed by atoms with Crippen LogP contribution in [0.4, 0.5) is 5.82 Å². The minimum absolute atomic E-state index is 0.0440. The van der Waals surface area contributed by atoms with Gasteiger partial charge in [0.2, 0.25) is 0 Å². The number of pyridine rings is 1. The topological polar surface area (TPSA) is 71.5 Å². The third-order valence-corrected chi connectivity index (χ3v) is 3.01. The molecule has 0 spiro atoms. The number of rotatable bonds is 5. The second-order valence-corrected chi connectivity index (χ2v) is 4.61. The molecule has 0 unspecified atom stereocenters. The van der Waals surface area contributed by atoms with E-state index in [9.17, 15) is 9.90 Å². The predicted octanol–water partition coefficient (Wildman–Crippen LogP) is 1.26. The van der Waals surface area contributed by atoms with Gasteiger partial charge in [-0.1, -0.05) is 6.07 Å². The van der Waals surface area contributed by atoms with Crippen molar-refractivity contribution in [1.82, 2.24) is 4.98 Å². The molecule has 1 amide bonds. The van der Waals surface area contributed by atoms with Gasteiger partial charge in [0, 0.05) is 6.20 Å². The molecule has 0 saturated heterocycles. The van der Waals surface area contributed by atoms with Crippen LogP contribution in [0.3, 0.4) is 0 Å². The summed E-state index contributed by atoms with van der Waals surface area (Å²) in [5.41, 5.74) is 1.02. The van der Waals surface area contributed by atoms with Gasteiger partial charge in [-0.05, 0) is 37.8 Å². The highest BCUT2D eigenvalue weighted by Gasteiger charge is 2.22. The molecule has 1 aliphatic rings. The van der Waals surface area contributed by atoms with E-state index < -0.39 is 12.0 Å². The normalized spacial score (nSPS) is 17.0. The lowest BCUT2D eigenvalue weighted by Crippen LogP contribution is -2.35. The van der Waals surface area contributed by atoms with E-state index in [4.69, 9.17) is 4.74 Å². The molecule has 1 aromatic rings. The van der Waals surface area contributed by atoms with Gasteiger partial charge in [-0.15, -0.1) is 0 Å². The van der Waals surface area contributed by atoms with Crippen LogP contribution in [0.25, 0.3) is 0 Å². The lowest BCUT2D eigenvalue weighted by Gasteiger charge is -2.26. The first-order valence-electron chi connectivity index (χ1n) is 6.18. The molecule has 0 aromatic carbocycles. The van der Waals surface area contributed by atoms with Gasteiger partial charge < -0.3 is 15.2 Å². The zero-order chi connectivity index (χ0) is 13.0. The summed E-state index contributed by atoms with van der Waals surface area (Å²) in [5.74, 6) is -0.0426. The third-order valence-electron chi connectivity index (χ3n) is 3.01. The van der Waals surface area contributed by atoms with Crippen molar-refractivity contribution in [3.05, 3.63) is 23.9 Å².